The van der Waals surface area contributed by atoms with Gasteiger partial charge < -0.3 is 14.6 Å². The summed E-state index contributed by atoms with van der Waals surface area (Å²) in [4.78, 5) is 15.1. The smallest absolute Gasteiger partial charge is 0.200 e. The molecule has 6 nitrogen and oxygen atoms in total. The number of fused-ring (bicyclic) bond motifs is 1. The zero-order valence-electron chi connectivity index (χ0n) is 18.0. The minimum absolute atomic E-state index is 0.0174. The summed E-state index contributed by atoms with van der Waals surface area (Å²) >= 11 is 0. The third-order valence-electron chi connectivity index (χ3n) is 6.07. The zero-order chi connectivity index (χ0) is 20.8. The Morgan fingerprint density at radius 2 is 1.93 bits per heavy atom. The summed E-state index contributed by atoms with van der Waals surface area (Å²) in [5, 5.41) is 8.34. The molecular formula is C23H30N4O2. The van der Waals surface area contributed by atoms with Gasteiger partial charge in [-0.05, 0) is 43.7 Å². The maximum atomic E-state index is 12.9. The molecule has 1 aliphatic heterocycles. The highest BCUT2D eigenvalue weighted by Crippen LogP contribution is 2.34. The van der Waals surface area contributed by atoms with E-state index in [4.69, 9.17) is 4.42 Å². The number of nitrogens with one attached hydrogen (secondary N) is 1. The molecule has 0 aliphatic carbocycles. The minimum Gasteiger partial charge on any atom is -0.440 e. The number of aryl methyl sites for hydroxylation is 2. The molecule has 3 aromatic rings. The molecule has 154 valence electrons. The van der Waals surface area contributed by atoms with Crippen LogP contribution in [0.4, 0.5) is 11.7 Å². The van der Waals surface area contributed by atoms with E-state index in [0.717, 1.165) is 42.9 Å². The molecule has 0 spiro atoms. The highest BCUT2D eigenvalue weighted by molar-refractivity contribution is 5.82. The molecule has 1 atom stereocenters. The largest absolute Gasteiger partial charge is 0.440 e. The highest BCUT2D eigenvalue weighted by Gasteiger charge is 2.27. The van der Waals surface area contributed by atoms with Crippen molar-refractivity contribution >= 4 is 22.7 Å². The first kappa shape index (κ1) is 19.6. The predicted octanol–water partition coefficient (Wildman–Crippen LogP) is 4.63. The normalized spacial score (nSPS) is 17.5. The fourth-order valence-corrected chi connectivity index (χ4v) is 4.05. The lowest BCUT2D eigenvalue weighted by molar-refractivity contribution is 0.274. The summed E-state index contributed by atoms with van der Waals surface area (Å²) in [6.45, 7) is 10.5. The van der Waals surface area contributed by atoms with Gasteiger partial charge in [-0.25, -0.2) is 0 Å². The average molecular weight is 395 g/mol. The molecule has 6 heteroatoms. The maximum Gasteiger partial charge on any atom is 0.200 e. The lowest BCUT2D eigenvalue weighted by atomic mass is 9.83. The van der Waals surface area contributed by atoms with Gasteiger partial charge in [0.05, 0.1) is 17.6 Å². The second kappa shape index (κ2) is 7.25. The standard InChI is InChI=1S/C23H30N4O2/c1-15-12-17(16(2)25-20-6-9-24-26(20)5)22-18(13-15)19(28)14-21(29-22)27-10-7-23(3,4)8-11-27/h6,9,12-14,16,25H,7-8,10-11H2,1-5H3. The Hall–Kier alpha value is -2.76. The van der Waals surface area contributed by atoms with Crippen LogP contribution in [0.1, 0.15) is 50.8 Å². The van der Waals surface area contributed by atoms with E-state index in [1.54, 1.807) is 16.9 Å². The van der Waals surface area contributed by atoms with Crippen LogP contribution in [0.3, 0.4) is 0 Å². The number of piperidine rings is 1. The Kier molecular flexibility index (Phi) is 4.89. The molecule has 0 saturated carbocycles. The second-order valence-corrected chi connectivity index (χ2v) is 9.04. The number of rotatable bonds is 4. The van der Waals surface area contributed by atoms with Crippen molar-refractivity contribution in [3.8, 4) is 0 Å². The lowest BCUT2D eigenvalue weighted by Gasteiger charge is -2.37. The van der Waals surface area contributed by atoms with E-state index in [1.807, 2.05) is 26.1 Å². The van der Waals surface area contributed by atoms with Gasteiger partial charge in [0.2, 0.25) is 0 Å². The number of aromatic nitrogens is 2. The lowest BCUT2D eigenvalue weighted by Crippen LogP contribution is -2.37. The fourth-order valence-electron chi connectivity index (χ4n) is 4.05. The molecule has 1 unspecified atom stereocenters. The van der Waals surface area contributed by atoms with E-state index in [9.17, 15) is 4.79 Å². The molecule has 4 rings (SSSR count). The Labute approximate surface area is 171 Å². The van der Waals surface area contributed by atoms with Crippen molar-refractivity contribution in [1.82, 2.24) is 9.78 Å². The van der Waals surface area contributed by atoms with Crippen LogP contribution < -0.4 is 15.6 Å². The van der Waals surface area contributed by atoms with Crippen LogP contribution >= 0.6 is 0 Å². The number of hydrogen-bond donors (Lipinski definition) is 1. The number of benzene rings is 1. The molecule has 3 heterocycles. The molecule has 1 saturated heterocycles. The maximum absolute atomic E-state index is 12.9. The van der Waals surface area contributed by atoms with Gasteiger partial charge in [0.15, 0.2) is 11.3 Å². The number of anilines is 2. The Balaban J connectivity index is 1.75. The number of nitrogens with zero attached hydrogens (tertiary/aromatic N) is 3. The van der Waals surface area contributed by atoms with Crippen molar-refractivity contribution in [3.05, 3.63) is 51.8 Å². The summed E-state index contributed by atoms with van der Waals surface area (Å²) in [6.07, 6.45) is 3.95. The molecule has 2 aromatic heterocycles. The van der Waals surface area contributed by atoms with Gasteiger partial charge >= 0.3 is 0 Å². The van der Waals surface area contributed by atoms with Crippen LogP contribution in [0, 0.1) is 12.3 Å². The molecular weight excluding hydrogens is 364 g/mol. The van der Waals surface area contributed by atoms with Crippen molar-refractivity contribution in [1.29, 1.82) is 0 Å². The Morgan fingerprint density at radius 3 is 2.59 bits per heavy atom. The third kappa shape index (κ3) is 3.88. The molecule has 1 aromatic carbocycles. The van der Waals surface area contributed by atoms with Gasteiger partial charge in [-0.2, -0.15) is 5.10 Å². The Bertz CT molecular complexity index is 1090. The Morgan fingerprint density at radius 1 is 1.21 bits per heavy atom. The van der Waals surface area contributed by atoms with Crippen LogP contribution in [0.15, 0.2) is 39.7 Å². The van der Waals surface area contributed by atoms with Crippen molar-refractivity contribution in [2.24, 2.45) is 12.5 Å². The van der Waals surface area contributed by atoms with Gasteiger partial charge in [-0.15, -0.1) is 0 Å². The first-order chi connectivity index (χ1) is 13.7. The van der Waals surface area contributed by atoms with Crippen molar-refractivity contribution in [2.45, 2.75) is 46.6 Å². The van der Waals surface area contributed by atoms with E-state index in [-0.39, 0.29) is 11.5 Å². The summed E-state index contributed by atoms with van der Waals surface area (Å²) in [5.41, 5.74) is 3.06. The quantitative estimate of drug-likeness (QED) is 0.699. The van der Waals surface area contributed by atoms with Gasteiger partial charge in [-0.3, -0.25) is 9.48 Å². The number of hydrogen-bond acceptors (Lipinski definition) is 5. The first-order valence-corrected chi connectivity index (χ1v) is 10.3. The van der Waals surface area contributed by atoms with E-state index < -0.39 is 0 Å². The molecule has 1 N–H and O–H groups in total. The topological polar surface area (TPSA) is 63.3 Å². The van der Waals surface area contributed by atoms with E-state index >= 15 is 0 Å². The molecule has 1 fully saturated rings. The summed E-state index contributed by atoms with van der Waals surface area (Å²) in [7, 11) is 1.90. The second-order valence-electron chi connectivity index (χ2n) is 9.04. The van der Waals surface area contributed by atoms with Crippen LogP contribution in [0.25, 0.3) is 11.0 Å². The van der Waals surface area contributed by atoms with Crippen molar-refractivity contribution < 1.29 is 4.42 Å². The van der Waals surface area contributed by atoms with Crippen LogP contribution in [-0.4, -0.2) is 22.9 Å². The molecule has 29 heavy (non-hydrogen) atoms. The van der Waals surface area contributed by atoms with E-state index in [0.29, 0.717) is 22.3 Å². The summed E-state index contributed by atoms with van der Waals surface area (Å²) < 4.78 is 8.17. The summed E-state index contributed by atoms with van der Waals surface area (Å²) in [5.74, 6) is 1.60. The zero-order valence-corrected chi connectivity index (χ0v) is 18.0. The van der Waals surface area contributed by atoms with Gasteiger partial charge in [0, 0.05) is 37.8 Å². The molecule has 0 radical (unpaired) electrons. The van der Waals surface area contributed by atoms with Gasteiger partial charge in [0.25, 0.3) is 0 Å². The summed E-state index contributed by atoms with van der Waals surface area (Å²) in [6, 6.07) is 7.58. The minimum atomic E-state index is -0.0357. The van der Waals surface area contributed by atoms with Crippen LogP contribution in [0.5, 0.6) is 0 Å². The monoisotopic (exact) mass is 394 g/mol. The SMILES string of the molecule is Cc1cc(C(C)Nc2ccnn2C)c2oc(N3CCC(C)(C)CC3)cc(=O)c2c1. The first-order valence-electron chi connectivity index (χ1n) is 10.3. The fraction of sp³-hybridized carbons (Fsp3) is 0.478. The van der Waals surface area contributed by atoms with Crippen molar-refractivity contribution in [2.75, 3.05) is 23.3 Å². The van der Waals surface area contributed by atoms with Crippen molar-refractivity contribution in [3.63, 3.8) is 0 Å². The van der Waals surface area contributed by atoms with E-state index in [2.05, 4.69) is 42.2 Å². The molecule has 0 bridgehead atoms. The predicted molar refractivity (Wildman–Crippen MR) is 118 cm³/mol. The van der Waals surface area contributed by atoms with E-state index in [1.165, 1.54) is 0 Å². The van der Waals surface area contributed by atoms with Gasteiger partial charge in [-0.1, -0.05) is 19.9 Å². The third-order valence-corrected chi connectivity index (χ3v) is 6.07. The van der Waals surface area contributed by atoms with Crippen LogP contribution in [0.2, 0.25) is 0 Å². The van der Waals surface area contributed by atoms with Crippen LogP contribution in [-0.2, 0) is 7.05 Å². The molecule has 0 amide bonds. The highest BCUT2D eigenvalue weighted by atomic mass is 16.4. The average Bonchev–Trinajstić information content (AvgIpc) is 3.06. The van der Waals surface area contributed by atoms with Gasteiger partial charge in [0.1, 0.15) is 11.4 Å². The molecule has 1 aliphatic rings.